The van der Waals surface area contributed by atoms with Crippen molar-refractivity contribution in [2.24, 2.45) is 0 Å². The first kappa shape index (κ1) is 12.2. The second-order valence-corrected chi connectivity index (χ2v) is 5.97. The molecular formula is C12H11Cl2N3S. The average Bonchev–Trinajstić information content (AvgIpc) is 2.82. The molecule has 0 spiro atoms. The molecule has 94 valence electrons. The molecule has 1 atom stereocenters. The van der Waals surface area contributed by atoms with Crippen molar-refractivity contribution in [3.8, 4) is 0 Å². The fourth-order valence-electron chi connectivity index (χ4n) is 2.34. The summed E-state index contributed by atoms with van der Waals surface area (Å²) in [7, 11) is 0. The van der Waals surface area contributed by atoms with Crippen LogP contribution in [0.4, 0.5) is 5.82 Å². The highest BCUT2D eigenvalue weighted by Gasteiger charge is 2.27. The lowest BCUT2D eigenvalue weighted by Crippen LogP contribution is -2.34. The molecule has 1 unspecified atom stereocenters. The van der Waals surface area contributed by atoms with Crippen LogP contribution in [0.5, 0.6) is 0 Å². The Morgan fingerprint density at radius 2 is 2.28 bits per heavy atom. The second kappa shape index (κ2) is 4.68. The third kappa shape index (κ3) is 1.98. The van der Waals surface area contributed by atoms with Crippen LogP contribution < -0.4 is 4.90 Å². The third-order valence-electron chi connectivity index (χ3n) is 3.25. The Kier molecular flexibility index (Phi) is 3.18. The van der Waals surface area contributed by atoms with E-state index in [1.807, 2.05) is 11.3 Å². The molecule has 3 rings (SSSR count). The van der Waals surface area contributed by atoms with Crippen molar-refractivity contribution in [2.45, 2.75) is 19.4 Å². The Hall–Kier alpha value is -0.840. The minimum atomic E-state index is 0.234. The maximum absolute atomic E-state index is 6.17. The van der Waals surface area contributed by atoms with E-state index < -0.39 is 0 Å². The Morgan fingerprint density at radius 3 is 3.11 bits per heavy atom. The first-order valence-corrected chi connectivity index (χ1v) is 7.31. The van der Waals surface area contributed by atoms with E-state index in [4.69, 9.17) is 23.2 Å². The number of halogens is 2. The predicted octanol–water partition coefficient (Wildman–Crippen LogP) is 3.97. The van der Waals surface area contributed by atoms with Gasteiger partial charge in [-0.25, -0.2) is 4.98 Å². The molecule has 3 nitrogen and oxygen atoms in total. The maximum atomic E-state index is 6.17. The first-order valence-electron chi connectivity index (χ1n) is 5.68. The number of hydrogen-bond donors (Lipinski definition) is 0. The maximum Gasteiger partial charge on any atom is 0.224 e. The van der Waals surface area contributed by atoms with Crippen LogP contribution in [0, 0.1) is 0 Å². The van der Waals surface area contributed by atoms with Gasteiger partial charge in [-0.15, -0.1) is 11.3 Å². The molecule has 2 aromatic rings. The number of rotatable bonds is 1. The van der Waals surface area contributed by atoms with Crippen molar-refractivity contribution in [3.05, 3.63) is 38.4 Å². The molecule has 0 aromatic carbocycles. The summed E-state index contributed by atoms with van der Waals surface area (Å²) in [5.74, 6) is 0.723. The molecule has 6 heteroatoms. The standard InChI is InChI=1S/C12H11Cl2N3S/c1-7-8-3-5-18-10(8)2-4-17(7)11-9(13)6-15-12(14)16-11/h3,5-7H,2,4H2,1H3. The molecule has 2 aromatic heterocycles. The molecule has 0 fully saturated rings. The quantitative estimate of drug-likeness (QED) is 0.746. The van der Waals surface area contributed by atoms with Gasteiger partial charge in [0.2, 0.25) is 5.28 Å². The highest BCUT2D eigenvalue weighted by atomic mass is 35.5. The zero-order valence-electron chi connectivity index (χ0n) is 9.73. The minimum Gasteiger partial charge on any atom is -0.348 e. The molecule has 0 bridgehead atoms. The molecule has 0 radical (unpaired) electrons. The van der Waals surface area contributed by atoms with Gasteiger partial charge < -0.3 is 4.90 Å². The normalized spacial score (nSPS) is 18.8. The van der Waals surface area contributed by atoms with Crippen molar-refractivity contribution in [2.75, 3.05) is 11.4 Å². The summed E-state index contributed by atoms with van der Waals surface area (Å²) < 4.78 is 0. The number of anilines is 1. The molecule has 1 aliphatic heterocycles. The van der Waals surface area contributed by atoms with Gasteiger partial charge in [-0.2, -0.15) is 4.98 Å². The number of hydrogen-bond acceptors (Lipinski definition) is 4. The van der Waals surface area contributed by atoms with Crippen LogP contribution >= 0.6 is 34.5 Å². The molecule has 0 amide bonds. The summed E-state index contributed by atoms with van der Waals surface area (Å²) in [6.07, 6.45) is 2.58. The van der Waals surface area contributed by atoms with Gasteiger partial charge in [-0.1, -0.05) is 11.6 Å². The van der Waals surface area contributed by atoms with Crippen LogP contribution in [-0.4, -0.2) is 16.5 Å². The van der Waals surface area contributed by atoms with E-state index in [0.29, 0.717) is 5.02 Å². The zero-order valence-corrected chi connectivity index (χ0v) is 12.1. The zero-order chi connectivity index (χ0) is 12.7. The lowest BCUT2D eigenvalue weighted by atomic mass is 10.0. The summed E-state index contributed by atoms with van der Waals surface area (Å²) in [4.78, 5) is 11.8. The fraction of sp³-hybridized carbons (Fsp3) is 0.333. The topological polar surface area (TPSA) is 29.0 Å². The predicted molar refractivity (Wildman–Crippen MR) is 75.8 cm³/mol. The monoisotopic (exact) mass is 299 g/mol. The van der Waals surface area contributed by atoms with E-state index in [0.717, 1.165) is 18.8 Å². The van der Waals surface area contributed by atoms with Crippen molar-refractivity contribution in [1.29, 1.82) is 0 Å². The van der Waals surface area contributed by atoms with Gasteiger partial charge in [-0.05, 0) is 42.0 Å². The number of thiophene rings is 1. The first-order chi connectivity index (χ1) is 8.66. The van der Waals surface area contributed by atoms with E-state index >= 15 is 0 Å². The second-order valence-electron chi connectivity index (χ2n) is 4.23. The summed E-state index contributed by atoms with van der Waals surface area (Å²) in [6, 6.07) is 2.44. The molecular weight excluding hydrogens is 289 g/mol. The Morgan fingerprint density at radius 1 is 1.44 bits per heavy atom. The highest BCUT2D eigenvalue weighted by molar-refractivity contribution is 7.10. The molecule has 0 saturated carbocycles. The molecule has 0 saturated heterocycles. The number of fused-ring (bicyclic) bond motifs is 1. The fourth-order valence-corrected chi connectivity index (χ4v) is 3.63. The summed E-state index contributed by atoms with van der Waals surface area (Å²) in [5, 5.41) is 2.92. The number of nitrogens with zero attached hydrogens (tertiary/aromatic N) is 3. The Balaban J connectivity index is 2.01. The lowest BCUT2D eigenvalue weighted by molar-refractivity contribution is 0.624. The van der Waals surface area contributed by atoms with Gasteiger partial charge in [-0.3, -0.25) is 0 Å². The van der Waals surface area contributed by atoms with Crippen LogP contribution in [0.25, 0.3) is 0 Å². The van der Waals surface area contributed by atoms with Crippen molar-refractivity contribution in [1.82, 2.24) is 9.97 Å². The number of aromatic nitrogens is 2. The lowest BCUT2D eigenvalue weighted by Gasteiger charge is -2.34. The minimum absolute atomic E-state index is 0.234. The largest absolute Gasteiger partial charge is 0.348 e. The highest BCUT2D eigenvalue weighted by Crippen LogP contribution is 2.37. The van der Waals surface area contributed by atoms with Crippen LogP contribution in [0.2, 0.25) is 10.3 Å². The summed E-state index contributed by atoms with van der Waals surface area (Å²) >= 11 is 13.8. The Bertz CT molecular complexity index is 584. The Labute approximate surface area is 119 Å². The SMILES string of the molecule is CC1c2ccsc2CCN1c1nc(Cl)ncc1Cl. The van der Waals surface area contributed by atoms with E-state index in [9.17, 15) is 0 Å². The van der Waals surface area contributed by atoms with Crippen molar-refractivity contribution >= 4 is 40.4 Å². The van der Waals surface area contributed by atoms with Crippen LogP contribution in [0.3, 0.4) is 0 Å². The molecule has 0 aliphatic carbocycles. The third-order valence-corrected chi connectivity index (χ3v) is 4.69. The van der Waals surface area contributed by atoms with Crippen molar-refractivity contribution in [3.63, 3.8) is 0 Å². The van der Waals surface area contributed by atoms with Gasteiger partial charge in [0.1, 0.15) is 5.02 Å². The van der Waals surface area contributed by atoms with Gasteiger partial charge in [0.15, 0.2) is 5.82 Å². The van der Waals surface area contributed by atoms with Gasteiger partial charge in [0.25, 0.3) is 0 Å². The average molecular weight is 300 g/mol. The summed E-state index contributed by atoms with van der Waals surface area (Å²) in [6.45, 7) is 3.07. The smallest absolute Gasteiger partial charge is 0.224 e. The van der Waals surface area contributed by atoms with Crippen LogP contribution in [0.15, 0.2) is 17.6 Å². The van der Waals surface area contributed by atoms with Gasteiger partial charge in [0, 0.05) is 11.4 Å². The van der Waals surface area contributed by atoms with Gasteiger partial charge in [0.05, 0.1) is 12.2 Å². The van der Waals surface area contributed by atoms with Crippen LogP contribution in [0.1, 0.15) is 23.4 Å². The van der Waals surface area contributed by atoms with Crippen LogP contribution in [-0.2, 0) is 6.42 Å². The van der Waals surface area contributed by atoms with E-state index in [-0.39, 0.29) is 11.3 Å². The molecule has 1 aliphatic rings. The summed E-state index contributed by atoms with van der Waals surface area (Å²) in [5.41, 5.74) is 1.36. The van der Waals surface area contributed by atoms with E-state index in [1.165, 1.54) is 10.4 Å². The van der Waals surface area contributed by atoms with Gasteiger partial charge >= 0.3 is 0 Å². The molecule has 3 heterocycles. The van der Waals surface area contributed by atoms with E-state index in [1.54, 1.807) is 6.20 Å². The van der Waals surface area contributed by atoms with Crippen molar-refractivity contribution < 1.29 is 0 Å². The molecule has 18 heavy (non-hydrogen) atoms. The molecule has 0 N–H and O–H groups in total. The van der Waals surface area contributed by atoms with E-state index in [2.05, 4.69) is 33.2 Å².